The molecule has 1 fully saturated rings. The van der Waals surface area contributed by atoms with Crippen LogP contribution in [0.15, 0.2) is 0 Å². The van der Waals surface area contributed by atoms with Gasteiger partial charge in [-0.3, -0.25) is 4.79 Å². The molecule has 1 heterocycles. The maximum Gasteiger partial charge on any atom is 0.306 e. The molecule has 0 aliphatic carbocycles. The number of hydrogen-bond donors (Lipinski definition) is 2. The molecule has 1 unspecified atom stereocenters. The fourth-order valence-electron chi connectivity index (χ4n) is 3.11. The van der Waals surface area contributed by atoms with E-state index in [4.69, 9.17) is 18.9 Å². The van der Waals surface area contributed by atoms with Gasteiger partial charge < -0.3 is 29.2 Å². The van der Waals surface area contributed by atoms with E-state index in [0.29, 0.717) is 0 Å². The monoisotopic (exact) mass is 448 g/mol. The van der Waals surface area contributed by atoms with Crippen LogP contribution >= 0.6 is 10.0 Å². The van der Waals surface area contributed by atoms with Crippen molar-refractivity contribution in [3.05, 3.63) is 0 Å². The Labute approximate surface area is 183 Å². The summed E-state index contributed by atoms with van der Waals surface area (Å²) in [6, 6.07) is 0. The lowest BCUT2D eigenvalue weighted by Crippen LogP contribution is -2.64. The van der Waals surface area contributed by atoms with Crippen molar-refractivity contribution < 1.29 is 34.0 Å². The Morgan fingerprint density at radius 1 is 1.10 bits per heavy atom. The number of esters is 1. The third kappa shape index (κ3) is 8.74. The molecule has 8 heteroatoms. The Bertz CT molecular complexity index is 624. The molecule has 0 aromatic heterocycles. The van der Waals surface area contributed by atoms with Crippen LogP contribution in [0.5, 0.6) is 0 Å². The van der Waals surface area contributed by atoms with Crippen LogP contribution in [0.2, 0.25) is 0 Å². The normalized spacial score (nSPS) is 28.4. The van der Waals surface area contributed by atoms with Crippen LogP contribution in [-0.4, -0.2) is 90.4 Å². The topological polar surface area (TPSA) is 94.5 Å². The third-order valence-corrected chi connectivity index (χ3v) is 5.46. The van der Waals surface area contributed by atoms with Gasteiger partial charge in [-0.25, -0.2) is 0 Å². The van der Waals surface area contributed by atoms with Gasteiger partial charge in [-0.2, -0.15) is 10.0 Å². The number of ether oxygens (including phenoxy) is 4. The molecule has 7 nitrogen and oxygen atoms in total. The van der Waals surface area contributed by atoms with Gasteiger partial charge >= 0.3 is 5.97 Å². The van der Waals surface area contributed by atoms with E-state index in [1.54, 1.807) is 13.8 Å². The zero-order valence-corrected chi connectivity index (χ0v) is 20.7. The van der Waals surface area contributed by atoms with Crippen molar-refractivity contribution in [2.45, 2.75) is 89.2 Å². The first-order valence-electron chi connectivity index (χ1n) is 10.2. The maximum absolute atomic E-state index is 12.2. The predicted octanol–water partition coefficient (Wildman–Crippen LogP) is 2.06. The zero-order chi connectivity index (χ0) is 23.3. The first kappa shape index (κ1) is 27.2. The van der Waals surface area contributed by atoms with E-state index in [-0.39, 0.29) is 19.4 Å². The minimum Gasteiger partial charge on any atom is -0.452 e. The van der Waals surface area contributed by atoms with Crippen molar-refractivity contribution in [3.63, 3.8) is 0 Å². The molecule has 0 spiro atoms. The molecule has 0 bridgehead atoms. The number of rotatable bonds is 7. The molecule has 1 aliphatic heterocycles. The van der Waals surface area contributed by atoms with Crippen molar-refractivity contribution in [3.8, 4) is 11.2 Å². The van der Waals surface area contributed by atoms with Crippen LogP contribution in [0.25, 0.3) is 0 Å². The van der Waals surface area contributed by atoms with Gasteiger partial charge in [0.25, 0.3) is 0 Å². The molecule has 176 valence electrons. The Morgan fingerprint density at radius 3 is 2.20 bits per heavy atom. The third-order valence-electron chi connectivity index (χ3n) is 4.70. The second-order valence-corrected chi connectivity index (χ2v) is 13.8. The van der Waals surface area contributed by atoms with E-state index < -0.39 is 57.7 Å². The molecule has 1 aliphatic rings. The van der Waals surface area contributed by atoms with E-state index in [9.17, 15) is 15.0 Å². The van der Waals surface area contributed by atoms with Crippen molar-refractivity contribution >= 4 is 16.0 Å². The van der Waals surface area contributed by atoms with Crippen LogP contribution in [-0.2, 0) is 23.7 Å². The highest BCUT2D eigenvalue weighted by atomic mass is 32.3. The summed E-state index contributed by atoms with van der Waals surface area (Å²) in [7, 11) is 0.558. The highest BCUT2D eigenvalue weighted by Crippen LogP contribution is 2.35. The van der Waals surface area contributed by atoms with Crippen LogP contribution < -0.4 is 0 Å². The van der Waals surface area contributed by atoms with E-state index in [1.807, 2.05) is 20.8 Å². The minimum absolute atomic E-state index is 0.0528. The summed E-state index contributed by atoms with van der Waals surface area (Å²) in [4.78, 5) is 12.2. The van der Waals surface area contributed by atoms with Gasteiger partial charge in [0.1, 0.15) is 24.4 Å². The van der Waals surface area contributed by atoms with E-state index in [0.717, 1.165) is 0 Å². The number of carbonyl (C=O) groups excluding carboxylic acids is 1. The van der Waals surface area contributed by atoms with Crippen molar-refractivity contribution in [1.82, 2.24) is 0 Å². The number of methoxy groups -OCH3 is 1. The predicted molar refractivity (Wildman–Crippen MR) is 120 cm³/mol. The molecule has 1 rings (SSSR count). The fourth-order valence-corrected chi connectivity index (χ4v) is 3.60. The molecular weight excluding hydrogens is 408 g/mol. The highest BCUT2D eigenvalue weighted by Gasteiger charge is 2.51. The van der Waals surface area contributed by atoms with E-state index in [1.165, 1.54) is 7.11 Å². The summed E-state index contributed by atoms with van der Waals surface area (Å²) in [6.07, 6.45) is 2.00. The fraction of sp³-hybridized carbons (Fsp3) is 0.864. The lowest BCUT2D eigenvalue weighted by Gasteiger charge is -2.48. The van der Waals surface area contributed by atoms with Gasteiger partial charge in [0.05, 0.1) is 17.3 Å². The smallest absolute Gasteiger partial charge is 0.306 e. The molecule has 30 heavy (non-hydrogen) atoms. The summed E-state index contributed by atoms with van der Waals surface area (Å²) in [5, 5.41) is 24.5. The maximum atomic E-state index is 12.2. The van der Waals surface area contributed by atoms with Crippen LogP contribution in [0.4, 0.5) is 0 Å². The van der Waals surface area contributed by atoms with Gasteiger partial charge in [-0.05, 0) is 59.8 Å². The summed E-state index contributed by atoms with van der Waals surface area (Å²) < 4.78 is 22.8. The van der Waals surface area contributed by atoms with Gasteiger partial charge in [0, 0.05) is 13.5 Å². The van der Waals surface area contributed by atoms with Crippen LogP contribution in [0, 0.1) is 11.2 Å². The minimum atomic E-state index is -1.19. The van der Waals surface area contributed by atoms with Gasteiger partial charge in [-0.1, -0.05) is 11.2 Å². The first-order chi connectivity index (χ1) is 13.6. The molecular formula is C22H40O7S. The van der Waals surface area contributed by atoms with Gasteiger partial charge in [-0.15, -0.1) is 0 Å². The van der Waals surface area contributed by atoms with Gasteiger partial charge in [0.15, 0.2) is 6.61 Å². The number of carbonyl (C=O) groups is 1. The lowest BCUT2D eigenvalue weighted by atomic mass is 9.85. The largest absolute Gasteiger partial charge is 0.452 e. The van der Waals surface area contributed by atoms with E-state index in [2.05, 4.69) is 29.9 Å². The number of aliphatic hydroxyl groups is 2. The quantitative estimate of drug-likeness (QED) is 0.455. The SMILES string of the molecule is COC(C)(C)[C@@H]1OC(CCC(=O)OCC#CS(C)(C)C)[C@@H](OC(C)(C)C)[C@H](O)[C@@H]1O. The van der Waals surface area contributed by atoms with Crippen LogP contribution in [0.1, 0.15) is 47.5 Å². The first-order valence-corrected chi connectivity index (χ1v) is 13.0. The second kappa shape index (κ2) is 10.7. The molecule has 0 amide bonds. The zero-order valence-electron chi connectivity index (χ0n) is 19.9. The second-order valence-electron chi connectivity index (χ2n) is 9.89. The van der Waals surface area contributed by atoms with Crippen molar-refractivity contribution in [2.24, 2.45) is 0 Å². The standard InChI is InChI=1S/C22H40O7S/c1-21(2,3)29-19-15(11-12-16(23)27-13-10-14-30(7,8)9)28-20(18(25)17(19)24)22(4,5)26-6/h15,17-20,24-25H,11-13H2,1-9H3/t15?,17-,18+,19-,20-/m1/s1. The molecule has 5 atom stereocenters. The molecule has 2 N–H and O–H groups in total. The summed E-state index contributed by atoms with van der Waals surface area (Å²) in [6.45, 7) is 9.19. The van der Waals surface area contributed by atoms with Crippen LogP contribution in [0.3, 0.4) is 0 Å². The molecule has 0 radical (unpaired) electrons. The Balaban J connectivity index is 2.85. The number of aliphatic hydroxyl groups excluding tert-OH is 2. The molecule has 0 saturated carbocycles. The van der Waals surface area contributed by atoms with Crippen molar-refractivity contribution in [1.29, 1.82) is 0 Å². The lowest BCUT2D eigenvalue weighted by molar-refractivity contribution is -0.285. The molecule has 1 saturated heterocycles. The van der Waals surface area contributed by atoms with Gasteiger partial charge in [0.2, 0.25) is 0 Å². The molecule has 0 aromatic rings. The average Bonchev–Trinajstić information content (AvgIpc) is 2.60. The number of hydrogen-bond acceptors (Lipinski definition) is 7. The Morgan fingerprint density at radius 2 is 1.70 bits per heavy atom. The summed E-state index contributed by atoms with van der Waals surface area (Å²) in [5.74, 6) is 2.49. The van der Waals surface area contributed by atoms with E-state index >= 15 is 0 Å². The Kier molecular flexibility index (Phi) is 9.68. The summed E-state index contributed by atoms with van der Waals surface area (Å²) >= 11 is 0. The van der Waals surface area contributed by atoms with Crippen molar-refractivity contribution in [2.75, 3.05) is 32.5 Å². The average molecular weight is 449 g/mol. The Hall–Kier alpha value is -0.820. The highest BCUT2D eigenvalue weighted by molar-refractivity contribution is 8.35. The summed E-state index contributed by atoms with van der Waals surface area (Å²) in [5.41, 5.74) is -1.40. The molecule has 0 aromatic carbocycles.